The van der Waals surface area contributed by atoms with Crippen molar-refractivity contribution in [2.24, 2.45) is 5.92 Å². The molecule has 0 aromatic carbocycles. The van der Waals surface area contributed by atoms with Gasteiger partial charge >= 0.3 is 0 Å². The van der Waals surface area contributed by atoms with E-state index in [1.807, 2.05) is 0 Å². The Labute approximate surface area is 89.9 Å². The number of aliphatic hydroxyl groups excluding tert-OH is 1. The predicted octanol–water partition coefficient (Wildman–Crippen LogP) is 0.875. The summed E-state index contributed by atoms with van der Waals surface area (Å²) in [6.45, 7) is 6.79. The second kappa shape index (κ2) is 5.82. The highest BCUT2D eigenvalue weighted by molar-refractivity contribution is 4.84. The van der Waals surface area contributed by atoms with Crippen LogP contribution in [0.5, 0.6) is 0 Å². The Bertz CT molecular complexity index is 286. The summed E-state index contributed by atoms with van der Waals surface area (Å²) >= 11 is 0. The van der Waals surface area contributed by atoms with Gasteiger partial charge in [-0.3, -0.25) is 0 Å². The summed E-state index contributed by atoms with van der Waals surface area (Å²) < 4.78 is 4.87. The van der Waals surface area contributed by atoms with Gasteiger partial charge < -0.3 is 14.9 Å². The van der Waals surface area contributed by atoms with E-state index in [-0.39, 0.29) is 12.6 Å². The Balaban J connectivity index is 2.39. The van der Waals surface area contributed by atoms with Gasteiger partial charge in [-0.1, -0.05) is 19.0 Å². The summed E-state index contributed by atoms with van der Waals surface area (Å²) in [6.07, 6.45) is 0.745. The molecule has 0 aliphatic rings. The van der Waals surface area contributed by atoms with E-state index in [4.69, 9.17) is 9.63 Å². The van der Waals surface area contributed by atoms with Gasteiger partial charge in [-0.05, 0) is 12.3 Å². The molecule has 0 aliphatic carbocycles. The zero-order valence-corrected chi connectivity index (χ0v) is 9.53. The van der Waals surface area contributed by atoms with Crippen LogP contribution in [-0.2, 0) is 6.54 Å². The summed E-state index contributed by atoms with van der Waals surface area (Å²) in [6, 6.07) is 0.286. The first-order chi connectivity index (χ1) is 7.13. The maximum absolute atomic E-state index is 8.90. The molecule has 5 nitrogen and oxygen atoms in total. The molecule has 1 rings (SSSR count). The van der Waals surface area contributed by atoms with Crippen LogP contribution in [-0.4, -0.2) is 27.9 Å². The lowest BCUT2D eigenvalue weighted by Gasteiger charge is -2.20. The number of rotatable bonds is 6. The van der Waals surface area contributed by atoms with Gasteiger partial charge in [-0.15, -0.1) is 0 Å². The first-order valence-electron chi connectivity index (χ1n) is 5.27. The quantitative estimate of drug-likeness (QED) is 0.733. The standard InChI is InChI=1S/C10H19N3O2/c1-7(2)9(4-5-14)11-6-10-12-8(3)15-13-10/h7,9,11,14H,4-6H2,1-3H3/t9-/m0/s1. The fourth-order valence-electron chi connectivity index (χ4n) is 1.45. The molecule has 0 unspecified atom stereocenters. The minimum atomic E-state index is 0.196. The molecule has 1 aromatic heterocycles. The number of nitrogens with zero attached hydrogens (tertiary/aromatic N) is 2. The van der Waals surface area contributed by atoms with E-state index in [1.165, 1.54) is 0 Å². The largest absolute Gasteiger partial charge is 0.396 e. The minimum Gasteiger partial charge on any atom is -0.396 e. The van der Waals surface area contributed by atoms with Crippen molar-refractivity contribution in [1.29, 1.82) is 0 Å². The van der Waals surface area contributed by atoms with Crippen LogP contribution >= 0.6 is 0 Å². The molecule has 0 saturated carbocycles. The van der Waals surface area contributed by atoms with Gasteiger partial charge in [0.25, 0.3) is 0 Å². The van der Waals surface area contributed by atoms with Crippen LogP contribution in [0.1, 0.15) is 32.0 Å². The van der Waals surface area contributed by atoms with E-state index in [0.29, 0.717) is 24.2 Å². The number of aliphatic hydroxyl groups is 1. The number of hydrogen-bond acceptors (Lipinski definition) is 5. The Kier molecular flexibility index (Phi) is 4.71. The Morgan fingerprint density at radius 3 is 2.67 bits per heavy atom. The summed E-state index contributed by atoms with van der Waals surface area (Å²) in [4.78, 5) is 4.10. The van der Waals surface area contributed by atoms with Crippen molar-refractivity contribution in [1.82, 2.24) is 15.5 Å². The second-order valence-electron chi connectivity index (χ2n) is 3.97. The summed E-state index contributed by atoms with van der Waals surface area (Å²) in [5.41, 5.74) is 0. The molecule has 0 radical (unpaired) electrons. The molecule has 0 saturated heterocycles. The van der Waals surface area contributed by atoms with Crippen LogP contribution in [0.4, 0.5) is 0 Å². The van der Waals surface area contributed by atoms with Crippen LogP contribution in [0, 0.1) is 12.8 Å². The lowest BCUT2D eigenvalue weighted by atomic mass is 10.0. The molecule has 0 bridgehead atoms. The number of hydrogen-bond donors (Lipinski definition) is 2. The third kappa shape index (κ3) is 3.97. The van der Waals surface area contributed by atoms with E-state index in [9.17, 15) is 0 Å². The van der Waals surface area contributed by atoms with Crippen LogP contribution in [0.25, 0.3) is 0 Å². The zero-order valence-electron chi connectivity index (χ0n) is 9.53. The normalized spacial score (nSPS) is 13.4. The van der Waals surface area contributed by atoms with E-state index in [2.05, 4.69) is 29.3 Å². The van der Waals surface area contributed by atoms with Crippen LogP contribution in [0.15, 0.2) is 4.52 Å². The van der Waals surface area contributed by atoms with Gasteiger partial charge in [-0.2, -0.15) is 4.98 Å². The molecule has 1 atom stereocenters. The molecule has 0 fully saturated rings. The lowest BCUT2D eigenvalue weighted by molar-refractivity contribution is 0.242. The van der Waals surface area contributed by atoms with Gasteiger partial charge in [0.2, 0.25) is 5.89 Å². The van der Waals surface area contributed by atoms with E-state index >= 15 is 0 Å². The first-order valence-corrected chi connectivity index (χ1v) is 5.27. The molecular weight excluding hydrogens is 194 g/mol. The highest BCUT2D eigenvalue weighted by Gasteiger charge is 2.13. The monoisotopic (exact) mass is 213 g/mol. The maximum Gasteiger partial charge on any atom is 0.223 e. The minimum absolute atomic E-state index is 0.196. The number of aromatic nitrogens is 2. The van der Waals surface area contributed by atoms with Gasteiger partial charge in [0.05, 0.1) is 6.54 Å². The zero-order chi connectivity index (χ0) is 11.3. The fourth-order valence-corrected chi connectivity index (χ4v) is 1.45. The average molecular weight is 213 g/mol. The molecule has 0 amide bonds. The van der Waals surface area contributed by atoms with Crippen molar-refractivity contribution in [3.63, 3.8) is 0 Å². The molecule has 2 N–H and O–H groups in total. The lowest BCUT2D eigenvalue weighted by Crippen LogP contribution is -2.34. The van der Waals surface area contributed by atoms with Crippen molar-refractivity contribution < 1.29 is 9.63 Å². The fraction of sp³-hybridized carbons (Fsp3) is 0.800. The average Bonchev–Trinajstić information content (AvgIpc) is 2.58. The first kappa shape index (κ1) is 12.1. The van der Waals surface area contributed by atoms with Crippen molar-refractivity contribution in [2.45, 2.75) is 39.8 Å². The molecule has 86 valence electrons. The highest BCUT2D eigenvalue weighted by atomic mass is 16.5. The number of aryl methyl sites for hydroxylation is 1. The summed E-state index contributed by atoms with van der Waals surface area (Å²) in [5, 5.41) is 16.0. The predicted molar refractivity (Wildman–Crippen MR) is 56.2 cm³/mol. The van der Waals surface area contributed by atoms with E-state index in [1.54, 1.807) is 6.92 Å². The highest BCUT2D eigenvalue weighted by Crippen LogP contribution is 2.06. The topological polar surface area (TPSA) is 71.2 Å². The molecule has 15 heavy (non-hydrogen) atoms. The van der Waals surface area contributed by atoms with Gasteiger partial charge in [0.15, 0.2) is 5.82 Å². The smallest absolute Gasteiger partial charge is 0.223 e. The van der Waals surface area contributed by atoms with Gasteiger partial charge in [0, 0.05) is 19.6 Å². The summed E-state index contributed by atoms with van der Waals surface area (Å²) in [7, 11) is 0. The van der Waals surface area contributed by atoms with Crippen molar-refractivity contribution in [3.05, 3.63) is 11.7 Å². The molecule has 0 spiro atoms. The van der Waals surface area contributed by atoms with Crippen molar-refractivity contribution in [2.75, 3.05) is 6.61 Å². The SMILES string of the molecule is Cc1nc(CN[C@@H](CCO)C(C)C)no1. The van der Waals surface area contributed by atoms with E-state index in [0.717, 1.165) is 6.42 Å². The third-order valence-corrected chi connectivity index (χ3v) is 2.34. The van der Waals surface area contributed by atoms with E-state index < -0.39 is 0 Å². The Hall–Kier alpha value is -0.940. The van der Waals surface area contributed by atoms with Crippen LogP contribution in [0.2, 0.25) is 0 Å². The van der Waals surface area contributed by atoms with Crippen molar-refractivity contribution in [3.8, 4) is 0 Å². The van der Waals surface area contributed by atoms with Gasteiger partial charge in [0.1, 0.15) is 0 Å². The molecule has 1 heterocycles. The molecule has 1 aromatic rings. The third-order valence-electron chi connectivity index (χ3n) is 2.34. The summed E-state index contributed by atoms with van der Waals surface area (Å²) in [5.74, 6) is 1.72. The van der Waals surface area contributed by atoms with Crippen LogP contribution in [0.3, 0.4) is 0 Å². The maximum atomic E-state index is 8.90. The molecular formula is C10H19N3O2. The van der Waals surface area contributed by atoms with Crippen molar-refractivity contribution >= 4 is 0 Å². The van der Waals surface area contributed by atoms with Gasteiger partial charge in [-0.25, -0.2) is 0 Å². The number of nitrogens with one attached hydrogen (secondary N) is 1. The Morgan fingerprint density at radius 2 is 2.20 bits per heavy atom. The molecule has 0 aliphatic heterocycles. The Morgan fingerprint density at radius 1 is 1.47 bits per heavy atom. The van der Waals surface area contributed by atoms with Crippen LogP contribution < -0.4 is 5.32 Å². The molecule has 5 heteroatoms. The second-order valence-corrected chi connectivity index (χ2v) is 3.97.